The first kappa shape index (κ1) is 22.5. The molecule has 0 radical (unpaired) electrons. The van der Waals surface area contributed by atoms with Gasteiger partial charge in [0.2, 0.25) is 5.91 Å². The number of amides is 2. The first-order valence-electron chi connectivity index (χ1n) is 11.4. The van der Waals surface area contributed by atoms with E-state index in [9.17, 15) is 14.7 Å². The average Bonchev–Trinajstić information content (AvgIpc) is 3.30. The van der Waals surface area contributed by atoms with Crippen LogP contribution in [-0.4, -0.2) is 60.9 Å². The van der Waals surface area contributed by atoms with Crippen LogP contribution in [-0.2, 0) is 4.79 Å². The number of nitrogen functional groups attached to an aromatic ring is 1. The van der Waals surface area contributed by atoms with Gasteiger partial charge in [0.1, 0.15) is 35.3 Å². The van der Waals surface area contributed by atoms with Crippen molar-refractivity contribution in [3.63, 3.8) is 0 Å². The number of aliphatic hydroxyl groups is 1. The van der Waals surface area contributed by atoms with Crippen molar-refractivity contribution in [3.05, 3.63) is 72.4 Å². The van der Waals surface area contributed by atoms with Gasteiger partial charge in [0.15, 0.2) is 0 Å². The summed E-state index contributed by atoms with van der Waals surface area (Å²) in [6.45, 7) is 0.599. The first-order chi connectivity index (χ1) is 17.0. The van der Waals surface area contributed by atoms with Crippen molar-refractivity contribution in [2.45, 2.75) is 18.8 Å². The number of anilines is 2. The zero-order valence-electron chi connectivity index (χ0n) is 19.0. The Bertz CT molecular complexity index is 1370. The lowest BCUT2D eigenvalue weighted by Crippen LogP contribution is -2.40. The molecule has 1 saturated heterocycles. The topological polar surface area (TPSA) is 139 Å². The third kappa shape index (κ3) is 4.43. The van der Waals surface area contributed by atoms with E-state index in [0.29, 0.717) is 41.5 Å². The number of aromatic nitrogens is 4. The molecule has 178 valence electrons. The average molecular weight is 472 g/mol. The number of piperidine rings is 1. The van der Waals surface area contributed by atoms with Crippen LogP contribution in [0.3, 0.4) is 0 Å². The van der Waals surface area contributed by atoms with Crippen LogP contribution < -0.4 is 11.1 Å². The lowest BCUT2D eigenvalue weighted by Gasteiger charge is -2.31. The van der Waals surface area contributed by atoms with Crippen molar-refractivity contribution in [1.82, 2.24) is 24.3 Å². The lowest BCUT2D eigenvalue weighted by molar-refractivity contribution is -0.135. The number of likely N-dealkylation sites (tertiary alicyclic amines) is 1. The van der Waals surface area contributed by atoms with E-state index in [-0.39, 0.29) is 17.7 Å². The molecule has 1 aliphatic rings. The maximum Gasteiger partial charge on any atom is 0.256 e. The fourth-order valence-corrected chi connectivity index (χ4v) is 4.50. The second kappa shape index (κ2) is 9.51. The summed E-state index contributed by atoms with van der Waals surface area (Å²) < 4.78 is 1.93. The third-order valence-electron chi connectivity index (χ3n) is 6.21. The number of rotatable bonds is 5. The SMILES string of the molecule is Nc1nccn2c([C@@H]3CCCN(C(=O)CO)C3)nc(-c3ccc(C(=O)Nc4ccccn4)cc3)c12. The molecule has 0 spiro atoms. The van der Waals surface area contributed by atoms with E-state index in [1.807, 2.05) is 22.7 Å². The highest BCUT2D eigenvalue weighted by Crippen LogP contribution is 2.34. The number of aliphatic hydroxyl groups excluding tert-OH is 1. The van der Waals surface area contributed by atoms with Crippen molar-refractivity contribution < 1.29 is 14.7 Å². The Morgan fingerprint density at radius 1 is 1.11 bits per heavy atom. The zero-order valence-corrected chi connectivity index (χ0v) is 19.0. The highest BCUT2D eigenvalue weighted by molar-refractivity contribution is 6.04. The predicted octanol–water partition coefficient (Wildman–Crippen LogP) is 2.32. The van der Waals surface area contributed by atoms with E-state index < -0.39 is 6.61 Å². The van der Waals surface area contributed by atoms with Gasteiger partial charge in [-0.05, 0) is 37.1 Å². The maximum atomic E-state index is 12.6. The molecule has 0 unspecified atom stereocenters. The van der Waals surface area contributed by atoms with Crippen molar-refractivity contribution >= 4 is 29.0 Å². The summed E-state index contributed by atoms with van der Waals surface area (Å²) in [5.41, 5.74) is 8.88. The Balaban J connectivity index is 1.47. The summed E-state index contributed by atoms with van der Waals surface area (Å²) in [6.07, 6.45) is 6.74. The number of imidazole rings is 1. The van der Waals surface area contributed by atoms with Crippen LogP contribution in [0.4, 0.5) is 11.6 Å². The Morgan fingerprint density at radius 3 is 2.69 bits per heavy atom. The van der Waals surface area contributed by atoms with Gasteiger partial charge < -0.3 is 21.1 Å². The fourth-order valence-electron chi connectivity index (χ4n) is 4.50. The quantitative estimate of drug-likeness (QED) is 0.406. The first-order valence-corrected chi connectivity index (χ1v) is 11.4. The molecular weight excluding hydrogens is 446 g/mol. The Morgan fingerprint density at radius 2 is 1.94 bits per heavy atom. The van der Waals surface area contributed by atoms with Gasteiger partial charge in [-0.1, -0.05) is 18.2 Å². The Labute approximate surface area is 201 Å². The number of nitrogens with one attached hydrogen (secondary N) is 1. The number of hydrogen-bond acceptors (Lipinski definition) is 7. The van der Waals surface area contributed by atoms with E-state index in [0.717, 1.165) is 24.2 Å². The summed E-state index contributed by atoms with van der Waals surface area (Å²) in [5.74, 6) is 1.06. The van der Waals surface area contributed by atoms with Gasteiger partial charge in [0.05, 0.1) is 0 Å². The highest BCUT2D eigenvalue weighted by atomic mass is 16.3. The van der Waals surface area contributed by atoms with Gasteiger partial charge in [0, 0.05) is 48.7 Å². The third-order valence-corrected chi connectivity index (χ3v) is 6.21. The van der Waals surface area contributed by atoms with Gasteiger partial charge >= 0.3 is 0 Å². The van der Waals surface area contributed by atoms with Crippen LogP contribution in [0, 0.1) is 0 Å². The molecule has 4 N–H and O–H groups in total. The standard InChI is InChI=1S/C25H25N7O3/c26-23-22-21(16-6-8-17(9-7-16)25(35)29-19-5-1-2-10-27-19)30-24(32(22)13-11-28-23)18-4-3-12-31(14-18)20(34)15-33/h1-2,5-11,13,18,33H,3-4,12,14-15H2,(H2,26,28)(H,27,29,35)/t18-/m1/s1. The van der Waals surface area contributed by atoms with Gasteiger partial charge in [-0.25, -0.2) is 15.0 Å². The monoisotopic (exact) mass is 471 g/mol. The molecule has 35 heavy (non-hydrogen) atoms. The Hall–Kier alpha value is -4.31. The molecule has 10 nitrogen and oxygen atoms in total. The van der Waals surface area contributed by atoms with Crippen molar-refractivity contribution in [1.29, 1.82) is 0 Å². The summed E-state index contributed by atoms with van der Waals surface area (Å²) in [7, 11) is 0. The van der Waals surface area contributed by atoms with Crippen LogP contribution in [0.5, 0.6) is 0 Å². The molecule has 4 aromatic rings. The number of fused-ring (bicyclic) bond motifs is 1. The fraction of sp³-hybridized carbons (Fsp3) is 0.240. The minimum Gasteiger partial charge on any atom is -0.387 e. The summed E-state index contributed by atoms with van der Waals surface area (Å²) in [6, 6.07) is 12.4. The van der Waals surface area contributed by atoms with Gasteiger partial charge in [0.25, 0.3) is 5.91 Å². The summed E-state index contributed by atoms with van der Waals surface area (Å²) >= 11 is 0. The molecule has 0 saturated carbocycles. The smallest absolute Gasteiger partial charge is 0.256 e. The van der Waals surface area contributed by atoms with Crippen LogP contribution in [0.2, 0.25) is 0 Å². The maximum absolute atomic E-state index is 12.6. The van der Waals surface area contributed by atoms with Gasteiger partial charge in [-0.15, -0.1) is 0 Å². The number of pyridine rings is 1. The molecule has 4 heterocycles. The number of carbonyl (C=O) groups is 2. The van der Waals surface area contributed by atoms with Crippen LogP contribution in [0.1, 0.15) is 34.9 Å². The molecule has 0 aliphatic carbocycles. The van der Waals surface area contributed by atoms with Crippen molar-refractivity contribution in [3.8, 4) is 11.3 Å². The second-order valence-corrected chi connectivity index (χ2v) is 8.43. The molecule has 1 aliphatic heterocycles. The highest BCUT2D eigenvalue weighted by Gasteiger charge is 2.29. The van der Waals surface area contributed by atoms with Crippen LogP contribution in [0.15, 0.2) is 61.1 Å². The summed E-state index contributed by atoms with van der Waals surface area (Å²) in [4.78, 5) is 39.7. The summed E-state index contributed by atoms with van der Waals surface area (Å²) in [5, 5.41) is 12.1. The minimum absolute atomic E-state index is 0.00859. The number of nitrogens with zero attached hydrogens (tertiary/aromatic N) is 5. The van der Waals surface area contributed by atoms with E-state index in [2.05, 4.69) is 15.3 Å². The molecule has 1 fully saturated rings. The molecule has 10 heteroatoms. The second-order valence-electron chi connectivity index (χ2n) is 8.43. The number of carbonyl (C=O) groups excluding carboxylic acids is 2. The zero-order chi connectivity index (χ0) is 24.4. The minimum atomic E-state index is -0.503. The number of nitrogens with two attached hydrogens (primary N) is 1. The normalized spacial score (nSPS) is 15.8. The Kier molecular flexibility index (Phi) is 6.11. The molecule has 3 aromatic heterocycles. The molecule has 0 bridgehead atoms. The van der Waals surface area contributed by atoms with E-state index >= 15 is 0 Å². The number of hydrogen-bond donors (Lipinski definition) is 3. The lowest BCUT2D eigenvalue weighted by atomic mass is 9.97. The predicted molar refractivity (Wildman–Crippen MR) is 131 cm³/mol. The van der Waals surface area contributed by atoms with Crippen molar-refractivity contribution in [2.24, 2.45) is 0 Å². The van der Waals surface area contributed by atoms with Crippen LogP contribution >= 0.6 is 0 Å². The van der Waals surface area contributed by atoms with E-state index in [1.54, 1.807) is 47.6 Å². The van der Waals surface area contributed by atoms with Gasteiger partial charge in [-0.2, -0.15) is 0 Å². The largest absolute Gasteiger partial charge is 0.387 e. The van der Waals surface area contributed by atoms with E-state index in [1.165, 1.54) is 0 Å². The van der Waals surface area contributed by atoms with Crippen molar-refractivity contribution in [2.75, 3.05) is 30.7 Å². The molecular formula is C25H25N7O3. The molecule has 1 atom stereocenters. The van der Waals surface area contributed by atoms with Crippen LogP contribution in [0.25, 0.3) is 16.8 Å². The molecule has 2 amide bonds. The molecule has 1 aromatic carbocycles. The molecule has 5 rings (SSSR count). The number of benzene rings is 1. The van der Waals surface area contributed by atoms with Gasteiger partial charge in [-0.3, -0.25) is 14.0 Å². The van der Waals surface area contributed by atoms with E-state index in [4.69, 9.17) is 10.7 Å².